The van der Waals surface area contributed by atoms with Crippen LogP contribution < -0.4 is 0 Å². The third-order valence-corrected chi connectivity index (χ3v) is 13.8. The van der Waals surface area contributed by atoms with Crippen LogP contribution in [-0.2, 0) is 0 Å². The fourth-order valence-electron chi connectivity index (χ4n) is 10.9. The lowest BCUT2D eigenvalue weighted by atomic mass is 9.55. The Morgan fingerprint density at radius 3 is 1.36 bits per heavy atom. The molecule has 0 spiro atoms. The third kappa shape index (κ3) is 12.1. The lowest BCUT2D eigenvalue weighted by Gasteiger charge is -2.50. The SMILES string of the molecule is CCCCCCCCC1CCC(CC2CCC(CC3CCC(CCCCCCCC)CC3)(C3CCCCC3)CC2)CC1. The van der Waals surface area contributed by atoms with E-state index < -0.39 is 0 Å². The molecule has 0 heterocycles. The molecule has 0 radical (unpaired) electrons. The minimum atomic E-state index is 0.752. The van der Waals surface area contributed by atoms with Crippen LogP contribution in [0.5, 0.6) is 0 Å². The lowest BCUT2D eigenvalue weighted by molar-refractivity contribution is 0.0102. The second kappa shape index (κ2) is 20.2. The smallest absolute Gasteiger partial charge is 0.0266 e. The average molecular weight is 583 g/mol. The van der Waals surface area contributed by atoms with Gasteiger partial charge in [-0.3, -0.25) is 0 Å². The summed E-state index contributed by atoms with van der Waals surface area (Å²) in [6.45, 7) is 4.67. The molecule has 0 aromatic heterocycles. The standard InChI is InChI=1S/C42H78/c1-3-5-7-9-11-14-18-36-22-26-38(27-23-36)34-39-30-32-42(33-31-39,41-20-16-13-17-21-41)35-40-28-24-37(25-29-40)19-15-12-10-8-6-4-2/h36-41H,3-35H2,1-2H3. The summed E-state index contributed by atoms with van der Waals surface area (Å²) in [4.78, 5) is 0. The van der Waals surface area contributed by atoms with Crippen LogP contribution in [0.3, 0.4) is 0 Å². The molecule has 0 unspecified atom stereocenters. The molecule has 4 saturated carbocycles. The highest BCUT2D eigenvalue weighted by molar-refractivity contribution is 4.95. The van der Waals surface area contributed by atoms with E-state index in [2.05, 4.69) is 13.8 Å². The molecule has 4 aliphatic rings. The highest BCUT2D eigenvalue weighted by atomic mass is 14.5. The van der Waals surface area contributed by atoms with Crippen molar-refractivity contribution in [2.24, 2.45) is 40.9 Å². The Kier molecular flexibility index (Phi) is 16.8. The summed E-state index contributed by atoms with van der Waals surface area (Å²) >= 11 is 0. The van der Waals surface area contributed by atoms with Crippen molar-refractivity contribution in [3.63, 3.8) is 0 Å². The normalized spacial score (nSPS) is 33.1. The third-order valence-electron chi connectivity index (χ3n) is 13.8. The first kappa shape index (κ1) is 34.9. The average Bonchev–Trinajstić information content (AvgIpc) is 3.03. The van der Waals surface area contributed by atoms with Crippen molar-refractivity contribution >= 4 is 0 Å². The summed E-state index contributed by atoms with van der Waals surface area (Å²) < 4.78 is 0. The molecule has 0 aromatic rings. The monoisotopic (exact) mass is 583 g/mol. The molecule has 246 valence electrons. The molecule has 0 saturated heterocycles. The van der Waals surface area contributed by atoms with Gasteiger partial charge < -0.3 is 0 Å². The molecule has 0 aromatic carbocycles. The van der Waals surface area contributed by atoms with Gasteiger partial charge in [0.15, 0.2) is 0 Å². The van der Waals surface area contributed by atoms with E-state index in [-0.39, 0.29) is 0 Å². The van der Waals surface area contributed by atoms with Gasteiger partial charge in [-0.25, -0.2) is 0 Å². The number of rotatable bonds is 19. The summed E-state index contributed by atoms with van der Waals surface area (Å²) in [5.41, 5.74) is 0.752. The van der Waals surface area contributed by atoms with E-state index in [4.69, 9.17) is 0 Å². The predicted molar refractivity (Wildman–Crippen MR) is 187 cm³/mol. The zero-order valence-electron chi connectivity index (χ0n) is 29.3. The summed E-state index contributed by atoms with van der Waals surface area (Å²) in [5.74, 6) is 6.49. The van der Waals surface area contributed by atoms with E-state index in [1.165, 1.54) is 83.5 Å². The Balaban J connectivity index is 1.15. The Morgan fingerprint density at radius 2 is 0.833 bits per heavy atom. The van der Waals surface area contributed by atoms with Gasteiger partial charge in [0.2, 0.25) is 0 Å². The molecule has 0 aliphatic heterocycles. The first-order valence-electron chi connectivity index (χ1n) is 20.7. The maximum Gasteiger partial charge on any atom is -0.0266 e. The van der Waals surface area contributed by atoms with Gasteiger partial charge in [-0.05, 0) is 92.3 Å². The van der Waals surface area contributed by atoms with Crippen LogP contribution >= 0.6 is 0 Å². The molecule has 0 heteroatoms. The van der Waals surface area contributed by atoms with Gasteiger partial charge in [-0.1, -0.05) is 174 Å². The molecule has 0 N–H and O–H groups in total. The van der Waals surface area contributed by atoms with E-state index in [1.54, 1.807) is 128 Å². The van der Waals surface area contributed by atoms with Crippen LogP contribution in [0.1, 0.15) is 226 Å². The number of unbranched alkanes of at least 4 members (excludes halogenated alkanes) is 10. The largest absolute Gasteiger partial charge is 0.0654 e. The van der Waals surface area contributed by atoms with Crippen LogP contribution in [0.25, 0.3) is 0 Å². The van der Waals surface area contributed by atoms with Crippen LogP contribution in [0.4, 0.5) is 0 Å². The van der Waals surface area contributed by atoms with Gasteiger partial charge in [0.05, 0.1) is 0 Å². The van der Waals surface area contributed by atoms with Gasteiger partial charge in [-0.15, -0.1) is 0 Å². The van der Waals surface area contributed by atoms with Crippen molar-refractivity contribution in [1.82, 2.24) is 0 Å². The topological polar surface area (TPSA) is 0 Å². The molecule has 0 bridgehead atoms. The molecule has 0 amide bonds. The first-order chi connectivity index (χ1) is 20.7. The number of hydrogen-bond donors (Lipinski definition) is 0. The highest BCUT2D eigenvalue weighted by Crippen LogP contribution is 2.55. The van der Waals surface area contributed by atoms with Crippen molar-refractivity contribution in [3.05, 3.63) is 0 Å². The second-order valence-corrected chi connectivity index (χ2v) is 17.0. The number of hydrogen-bond acceptors (Lipinski definition) is 0. The van der Waals surface area contributed by atoms with Gasteiger partial charge in [0.1, 0.15) is 0 Å². The molecular weight excluding hydrogens is 504 g/mol. The van der Waals surface area contributed by atoms with E-state index in [1.807, 2.05) is 0 Å². The van der Waals surface area contributed by atoms with E-state index in [9.17, 15) is 0 Å². The van der Waals surface area contributed by atoms with Crippen molar-refractivity contribution in [2.45, 2.75) is 226 Å². The van der Waals surface area contributed by atoms with Gasteiger partial charge in [0.25, 0.3) is 0 Å². The molecular formula is C42H78. The van der Waals surface area contributed by atoms with Gasteiger partial charge in [-0.2, -0.15) is 0 Å². The fourth-order valence-corrected chi connectivity index (χ4v) is 10.9. The maximum atomic E-state index is 2.34. The zero-order valence-corrected chi connectivity index (χ0v) is 29.3. The minimum Gasteiger partial charge on any atom is -0.0654 e. The Labute approximate surface area is 266 Å². The quantitative estimate of drug-likeness (QED) is 0.133. The highest BCUT2D eigenvalue weighted by Gasteiger charge is 2.44. The molecule has 4 fully saturated rings. The van der Waals surface area contributed by atoms with Crippen molar-refractivity contribution in [1.29, 1.82) is 0 Å². The van der Waals surface area contributed by atoms with Crippen molar-refractivity contribution in [2.75, 3.05) is 0 Å². The fraction of sp³-hybridized carbons (Fsp3) is 1.00. The van der Waals surface area contributed by atoms with Crippen LogP contribution in [0.2, 0.25) is 0 Å². The van der Waals surface area contributed by atoms with Crippen LogP contribution in [0, 0.1) is 40.9 Å². The Morgan fingerprint density at radius 1 is 0.405 bits per heavy atom. The van der Waals surface area contributed by atoms with E-state index >= 15 is 0 Å². The van der Waals surface area contributed by atoms with E-state index in [0.717, 1.165) is 40.9 Å². The van der Waals surface area contributed by atoms with Crippen molar-refractivity contribution in [3.8, 4) is 0 Å². The molecule has 0 nitrogen and oxygen atoms in total. The zero-order chi connectivity index (χ0) is 29.3. The van der Waals surface area contributed by atoms with Gasteiger partial charge in [0, 0.05) is 0 Å². The van der Waals surface area contributed by atoms with E-state index in [0.29, 0.717) is 0 Å². The molecule has 4 aliphatic carbocycles. The van der Waals surface area contributed by atoms with Gasteiger partial charge >= 0.3 is 0 Å². The van der Waals surface area contributed by atoms with Crippen molar-refractivity contribution < 1.29 is 0 Å². The first-order valence-corrected chi connectivity index (χ1v) is 20.7. The summed E-state index contributed by atoms with van der Waals surface area (Å²) in [7, 11) is 0. The summed E-state index contributed by atoms with van der Waals surface area (Å²) in [6.07, 6.45) is 50.8. The Hall–Kier alpha value is 0. The lowest BCUT2D eigenvalue weighted by Crippen LogP contribution is -2.39. The predicted octanol–water partition coefficient (Wildman–Crippen LogP) is 14.6. The molecule has 4 rings (SSSR count). The Bertz CT molecular complexity index is 633. The maximum absolute atomic E-state index is 2.34. The second-order valence-electron chi connectivity index (χ2n) is 17.0. The summed E-state index contributed by atoms with van der Waals surface area (Å²) in [5, 5.41) is 0. The minimum absolute atomic E-state index is 0.752. The van der Waals surface area contributed by atoms with Crippen LogP contribution in [0.15, 0.2) is 0 Å². The molecule has 0 atom stereocenters. The van der Waals surface area contributed by atoms with Crippen LogP contribution in [-0.4, -0.2) is 0 Å². The summed E-state index contributed by atoms with van der Waals surface area (Å²) in [6, 6.07) is 0. The molecule has 42 heavy (non-hydrogen) atoms.